The van der Waals surface area contributed by atoms with Gasteiger partial charge in [-0.15, -0.1) is 0 Å². The number of carbonyl (C=O) groups excluding carboxylic acids is 1. The molecule has 2 N–H and O–H groups in total. The number of hydrogen-bond donors (Lipinski definition) is 2. The summed E-state index contributed by atoms with van der Waals surface area (Å²) in [5.74, 6) is -0.0228. The van der Waals surface area contributed by atoms with Gasteiger partial charge >= 0.3 is 5.97 Å². The van der Waals surface area contributed by atoms with Crippen LogP contribution in [0, 0.1) is 0 Å². The quantitative estimate of drug-likeness (QED) is 0.644. The first kappa shape index (κ1) is 17.1. The molecule has 0 aliphatic carbocycles. The minimum Gasteiger partial charge on any atom is -0.504 e. The Bertz CT molecular complexity index is 672. The van der Waals surface area contributed by atoms with Crippen LogP contribution in [0.5, 0.6) is 11.5 Å². The number of aromatic hydroxyl groups is 1. The van der Waals surface area contributed by atoms with Crippen LogP contribution in [-0.2, 0) is 9.53 Å². The highest BCUT2D eigenvalue weighted by atomic mass is 32.1. The van der Waals surface area contributed by atoms with Gasteiger partial charge in [0, 0.05) is 12.7 Å². The van der Waals surface area contributed by atoms with Crippen molar-refractivity contribution in [1.29, 1.82) is 0 Å². The van der Waals surface area contributed by atoms with Gasteiger partial charge in [0.15, 0.2) is 16.6 Å². The van der Waals surface area contributed by atoms with Gasteiger partial charge in [-0.1, -0.05) is 6.07 Å². The van der Waals surface area contributed by atoms with Gasteiger partial charge in [-0.3, -0.25) is 0 Å². The van der Waals surface area contributed by atoms with Crippen LogP contribution >= 0.6 is 12.2 Å². The predicted octanol–water partition coefficient (Wildman–Crippen LogP) is 2.10. The zero-order chi connectivity index (χ0) is 17.1. The Hall–Kier alpha value is -2.28. The lowest BCUT2D eigenvalue weighted by Gasteiger charge is -2.35. The van der Waals surface area contributed by atoms with Crippen molar-refractivity contribution in [2.45, 2.75) is 19.9 Å². The first-order chi connectivity index (χ1) is 10.9. The number of nitrogens with one attached hydrogen (secondary N) is 1. The summed E-state index contributed by atoms with van der Waals surface area (Å²) in [4.78, 5) is 13.9. The molecule has 1 aromatic carbocycles. The van der Waals surface area contributed by atoms with Gasteiger partial charge in [-0.05, 0) is 43.8 Å². The van der Waals surface area contributed by atoms with Gasteiger partial charge in [-0.2, -0.15) is 0 Å². The molecule has 6 nitrogen and oxygen atoms in total. The lowest BCUT2D eigenvalue weighted by atomic mass is 9.95. The Morgan fingerprint density at radius 2 is 2.17 bits per heavy atom. The molecular formula is C16H20N2O4S. The van der Waals surface area contributed by atoms with Crippen molar-refractivity contribution in [1.82, 2.24) is 10.2 Å². The molecule has 0 saturated carbocycles. The Morgan fingerprint density at radius 3 is 2.78 bits per heavy atom. The average molecular weight is 336 g/mol. The normalized spacial score (nSPS) is 17.8. The van der Waals surface area contributed by atoms with Gasteiger partial charge in [0.25, 0.3) is 0 Å². The number of benzene rings is 1. The van der Waals surface area contributed by atoms with Gasteiger partial charge in [0.1, 0.15) is 0 Å². The molecular weight excluding hydrogens is 316 g/mol. The van der Waals surface area contributed by atoms with Gasteiger partial charge in [0.05, 0.1) is 25.3 Å². The molecule has 0 fully saturated rings. The van der Waals surface area contributed by atoms with Gasteiger partial charge in [-0.25, -0.2) is 4.79 Å². The van der Waals surface area contributed by atoms with Crippen LogP contribution in [-0.4, -0.2) is 41.9 Å². The second kappa shape index (κ2) is 6.87. The van der Waals surface area contributed by atoms with Crippen molar-refractivity contribution < 1.29 is 19.4 Å². The molecule has 1 unspecified atom stereocenters. The third kappa shape index (κ3) is 3.24. The van der Waals surface area contributed by atoms with E-state index >= 15 is 0 Å². The minimum absolute atomic E-state index is 0.0476. The number of allylic oxidation sites excluding steroid dienone is 1. The molecule has 2 rings (SSSR count). The average Bonchev–Trinajstić information content (AvgIpc) is 2.54. The Kier molecular flexibility index (Phi) is 5.10. The lowest BCUT2D eigenvalue weighted by Crippen LogP contribution is -2.46. The van der Waals surface area contributed by atoms with Crippen molar-refractivity contribution in [2.24, 2.45) is 0 Å². The third-order valence-electron chi connectivity index (χ3n) is 3.78. The highest BCUT2D eigenvalue weighted by molar-refractivity contribution is 7.80. The molecule has 0 radical (unpaired) electrons. The maximum atomic E-state index is 12.2. The number of methoxy groups -OCH3 is 1. The number of ether oxygens (including phenoxy) is 2. The molecule has 7 heteroatoms. The maximum absolute atomic E-state index is 12.2. The number of phenols is 1. The van der Waals surface area contributed by atoms with Crippen molar-refractivity contribution in [3.63, 3.8) is 0 Å². The zero-order valence-electron chi connectivity index (χ0n) is 13.5. The summed E-state index contributed by atoms with van der Waals surface area (Å²) in [6.45, 7) is 4.07. The van der Waals surface area contributed by atoms with E-state index in [4.69, 9.17) is 21.7 Å². The zero-order valence-corrected chi connectivity index (χ0v) is 14.4. The van der Waals surface area contributed by atoms with Crippen LogP contribution in [0.25, 0.3) is 0 Å². The number of carbonyl (C=O) groups is 1. The van der Waals surface area contributed by atoms with E-state index in [1.165, 1.54) is 13.2 Å². The molecule has 0 bridgehead atoms. The van der Waals surface area contributed by atoms with E-state index in [-0.39, 0.29) is 5.75 Å². The highest BCUT2D eigenvalue weighted by Crippen LogP contribution is 2.35. The predicted molar refractivity (Wildman–Crippen MR) is 90.2 cm³/mol. The SMILES string of the molecule is CCOc1cc(C2NC(=S)N(C)C(C)=C2C(=O)OC)ccc1O. The van der Waals surface area contributed by atoms with Crippen molar-refractivity contribution in [2.75, 3.05) is 20.8 Å². The van der Waals surface area contributed by atoms with Crippen molar-refractivity contribution in [3.8, 4) is 11.5 Å². The first-order valence-corrected chi connectivity index (χ1v) is 7.60. The van der Waals surface area contributed by atoms with E-state index in [1.807, 2.05) is 13.8 Å². The smallest absolute Gasteiger partial charge is 0.337 e. The number of hydrogen-bond acceptors (Lipinski definition) is 5. The molecule has 23 heavy (non-hydrogen) atoms. The Labute approximate surface area is 140 Å². The highest BCUT2D eigenvalue weighted by Gasteiger charge is 2.33. The molecule has 1 aliphatic heterocycles. The number of rotatable bonds is 4. The monoisotopic (exact) mass is 336 g/mol. The fraction of sp³-hybridized carbons (Fsp3) is 0.375. The van der Waals surface area contributed by atoms with Crippen LogP contribution in [0.1, 0.15) is 25.5 Å². The molecule has 0 spiro atoms. The first-order valence-electron chi connectivity index (χ1n) is 7.19. The summed E-state index contributed by atoms with van der Waals surface area (Å²) < 4.78 is 10.3. The van der Waals surface area contributed by atoms with Gasteiger partial charge < -0.3 is 24.8 Å². The summed E-state index contributed by atoms with van der Waals surface area (Å²) in [6, 6.07) is 4.49. The number of nitrogens with zero attached hydrogens (tertiary/aromatic N) is 1. The number of esters is 1. The van der Waals surface area contributed by atoms with E-state index in [2.05, 4.69) is 5.32 Å². The molecule has 0 aromatic heterocycles. The van der Waals surface area contributed by atoms with Crippen molar-refractivity contribution >= 4 is 23.3 Å². The third-order valence-corrected chi connectivity index (χ3v) is 4.17. The van der Waals surface area contributed by atoms with E-state index < -0.39 is 12.0 Å². The second-order valence-corrected chi connectivity index (χ2v) is 5.48. The molecule has 1 heterocycles. The molecule has 1 atom stereocenters. The van der Waals surface area contributed by atoms with Crippen LogP contribution in [0.15, 0.2) is 29.5 Å². The van der Waals surface area contributed by atoms with Gasteiger partial charge in [0.2, 0.25) is 0 Å². The largest absolute Gasteiger partial charge is 0.504 e. The van der Waals surface area contributed by atoms with Crippen LogP contribution in [0.3, 0.4) is 0 Å². The molecule has 0 amide bonds. The van der Waals surface area contributed by atoms with Crippen LogP contribution in [0.4, 0.5) is 0 Å². The fourth-order valence-electron chi connectivity index (χ4n) is 2.44. The summed E-state index contributed by atoms with van der Waals surface area (Å²) in [5.41, 5.74) is 1.94. The summed E-state index contributed by atoms with van der Waals surface area (Å²) >= 11 is 5.32. The standard InChI is InChI=1S/C16H20N2O4S/c1-5-22-12-8-10(6-7-11(12)19)14-13(15(20)21-4)9(2)18(3)16(23)17-14/h6-8,14,19H,5H2,1-4H3,(H,17,23). The van der Waals surface area contributed by atoms with E-state index in [0.717, 1.165) is 11.3 Å². The van der Waals surface area contributed by atoms with E-state index in [1.54, 1.807) is 24.1 Å². The fourth-order valence-corrected chi connectivity index (χ4v) is 2.70. The maximum Gasteiger partial charge on any atom is 0.337 e. The lowest BCUT2D eigenvalue weighted by molar-refractivity contribution is -0.136. The molecule has 124 valence electrons. The van der Waals surface area contributed by atoms with E-state index in [0.29, 0.717) is 23.0 Å². The van der Waals surface area contributed by atoms with Crippen LogP contribution in [0.2, 0.25) is 0 Å². The topological polar surface area (TPSA) is 71.0 Å². The molecule has 1 aromatic rings. The summed E-state index contributed by atoms with van der Waals surface area (Å²) in [5, 5.41) is 13.5. The minimum atomic E-state index is -0.467. The molecule has 1 aliphatic rings. The van der Waals surface area contributed by atoms with Crippen molar-refractivity contribution in [3.05, 3.63) is 35.0 Å². The Morgan fingerprint density at radius 1 is 1.48 bits per heavy atom. The van der Waals surface area contributed by atoms with E-state index in [9.17, 15) is 9.90 Å². The number of phenolic OH excluding ortho intramolecular Hbond substituents is 1. The second-order valence-electron chi connectivity index (χ2n) is 5.09. The van der Waals surface area contributed by atoms with Crippen LogP contribution < -0.4 is 10.1 Å². The Balaban J connectivity index is 2.53. The number of thiocarbonyl (C=S) groups is 1. The molecule has 0 saturated heterocycles. The summed E-state index contributed by atoms with van der Waals surface area (Å²) in [6.07, 6.45) is 0. The summed E-state index contributed by atoms with van der Waals surface area (Å²) in [7, 11) is 3.13.